The van der Waals surface area contributed by atoms with Crippen LogP contribution in [-0.2, 0) is 80.0 Å². The minimum absolute atomic E-state index is 0.00426. The molecule has 2 aromatic heterocycles. The number of aromatic amines is 2. The third kappa shape index (κ3) is 40.1. The molecule has 0 aliphatic carbocycles. The summed E-state index contributed by atoms with van der Waals surface area (Å²) < 4.78 is 0. The van der Waals surface area contributed by atoms with Crippen molar-refractivity contribution in [1.82, 2.24) is 84.1 Å². The van der Waals surface area contributed by atoms with Crippen LogP contribution in [0.1, 0.15) is 196 Å². The smallest absolute Gasteiger partial charge is 0.326 e. The van der Waals surface area contributed by atoms with Crippen molar-refractivity contribution in [3.8, 4) is 0 Å². The van der Waals surface area contributed by atoms with Gasteiger partial charge in [-0.2, -0.15) is 0 Å². The van der Waals surface area contributed by atoms with Crippen LogP contribution in [0.5, 0.6) is 0 Å². The normalized spacial score (nSPS) is 14.8. The van der Waals surface area contributed by atoms with E-state index < -0.39 is 167 Å². The first kappa shape index (κ1) is 105. The maximum absolute atomic E-state index is 15.1. The van der Waals surface area contributed by atoms with Crippen LogP contribution in [0.25, 0.3) is 10.9 Å². The summed E-state index contributed by atoms with van der Waals surface area (Å²) in [5.74, 6) is -13.0. The van der Waals surface area contributed by atoms with E-state index in [2.05, 4.69) is 94.1 Å². The molecule has 0 fully saturated rings. The average Bonchev–Trinajstić information content (AvgIpc) is 1.67. The number of guanidine groups is 2. The number of hydrogen-bond donors (Lipinski definition) is 25. The second-order valence-electron chi connectivity index (χ2n) is 32.0. The number of nitrogens with two attached hydrogens (primary N) is 9. The quantitative estimate of drug-likeness (QED) is 0.0146. The lowest BCUT2D eigenvalue weighted by atomic mass is 9.99. The molecule has 684 valence electrons. The van der Waals surface area contributed by atoms with Gasteiger partial charge in [-0.1, -0.05) is 66.2 Å². The number of H-pyrrole nitrogens is 2. The Morgan fingerprint density at radius 1 is 0.369 bits per heavy atom. The fraction of sp³-hybridized carbons (Fsp3) is 0.662. The van der Waals surface area contributed by atoms with Crippen LogP contribution in [0.15, 0.2) is 53.0 Å². The molecule has 3 aromatic rings. The molecule has 0 spiro atoms. The second kappa shape index (κ2) is 56.5. The Kier molecular flexibility index (Phi) is 48.6. The first-order valence-corrected chi connectivity index (χ1v) is 42.2. The van der Waals surface area contributed by atoms with Crippen molar-refractivity contribution in [2.24, 2.45) is 79.3 Å². The van der Waals surface area contributed by atoms with E-state index in [9.17, 15) is 62.6 Å². The molecule has 2 heterocycles. The highest BCUT2D eigenvalue weighted by molar-refractivity contribution is 6.00. The largest absolute Gasteiger partial charge is 0.480 e. The van der Waals surface area contributed by atoms with E-state index in [1.165, 1.54) is 33.3 Å². The second-order valence-corrected chi connectivity index (χ2v) is 32.0. The fourth-order valence-electron chi connectivity index (χ4n) is 13.1. The lowest BCUT2D eigenvalue weighted by Gasteiger charge is -2.28. The van der Waals surface area contributed by atoms with E-state index in [0.29, 0.717) is 93.0 Å². The highest BCUT2D eigenvalue weighted by Crippen LogP contribution is 2.21. The van der Waals surface area contributed by atoms with E-state index in [-0.39, 0.29) is 133 Å². The van der Waals surface area contributed by atoms with Gasteiger partial charge in [0.15, 0.2) is 11.9 Å². The van der Waals surface area contributed by atoms with Gasteiger partial charge >= 0.3 is 5.97 Å². The van der Waals surface area contributed by atoms with Crippen LogP contribution in [-0.4, -0.2) is 239 Å². The van der Waals surface area contributed by atoms with E-state index in [0.717, 1.165) is 0 Å². The number of rotatable bonds is 61. The van der Waals surface area contributed by atoms with Crippen molar-refractivity contribution in [2.75, 3.05) is 39.3 Å². The third-order valence-corrected chi connectivity index (χ3v) is 19.8. The molecule has 0 aliphatic heterocycles. The summed E-state index contributed by atoms with van der Waals surface area (Å²) in [4.78, 5) is 216. The van der Waals surface area contributed by atoms with Crippen molar-refractivity contribution >= 4 is 106 Å². The predicted molar refractivity (Wildman–Crippen MR) is 462 cm³/mol. The summed E-state index contributed by atoms with van der Waals surface area (Å²) in [6.07, 6.45) is 8.45. The zero-order valence-electron chi connectivity index (χ0n) is 72.1. The number of aliphatic imine (C=N–C) groups is 2. The monoisotopic (exact) mass is 1720 g/mol. The highest BCUT2D eigenvalue weighted by Gasteiger charge is 2.38. The molecule has 0 aliphatic rings. The van der Waals surface area contributed by atoms with Crippen molar-refractivity contribution in [3.05, 3.63) is 54.2 Å². The standard InChI is InChI=1S/C80H139N27O15/c1-44(2)36-60(73(116)96-47(7)65(108)98-57(28-20-34-91-79(86)87)71(114)107-64(40-51-42-90-43-94-51)74(117)97-48(8)66(109)102-59(78(121)122)27-15-19-33-84)105-77(120)63(39-50-41-93-54-24-11-10-22-52(50)54)106-72(115)58(29-21-35-92-80(88)89)101-75(118)61(37-45(3)4)103-67(110)49(9)95-69(112)55(25-13-17-31-82)99-70(113)56(26-14-18-32-83)100-76(119)62(38-46(5)6)104-68(111)53(85)23-12-16-30-81/h10-11,22,24,41-49,53,55-64,93H,12-21,23,25-40,81-85H2,1-9H3,(H,90,94)(H,95,112)(H,96,116)(H,97,117)(H,98,108)(H,99,113)(H,100,119)(H,101,118)(H,102,109)(H,103,110)(H,104,111)(H,105,120)(H,106,115)(H,107,114)(H,121,122)(H4,86,87,91)(H4,88,89,92)/t47-,48-,49-,53-,55-,56-,57-,58-,59-,60-,61-,62-,63-,64-/m0/s1. The van der Waals surface area contributed by atoms with Crippen molar-refractivity contribution in [2.45, 2.75) is 282 Å². The van der Waals surface area contributed by atoms with Crippen molar-refractivity contribution < 1.29 is 72.2 Å². The number of carbonyl (C=O) groups is 14. The Bertz CT molecular complexity index is 3870. The van der Waals surface area contributed by atoms with Crippen LogP contribution in [0.3, 0.4) is 0 Å². The van der Waals surface area contributed by atoms with Gasteiger partial charge in [0, 0.05) is 54.9 Å². The van der Waals surface area contributed by atoms with Gasteiger partial charge in [-0.25, -0.2) is 9.78 Å². The number of carbonyl (C=O) groups excluding carboxylic acids is 13. The van der Waals surface area contributed by atoms with Gasteiger partial charge in [-0.05, 0) is 192 Å². The summed E-state index contributed by atoms with van der Waals surface area (Å²) in [6.45, 7) is 16.1. The summed E-state index contributed by atoms with van der Waals surface area (Å²) in [6, 6.07) is -11.3. The first-order chi connectivity index (χ1) is 57.8. The number of fused-ring (bicyclic) bond motifs is 1. The molecule has 42 heteroatoms. The maximum Gasteiger partial charge on any atom is 0.326 e. The van der Waals surface area contributed by atoms with Crippen LogP contribution in [0.4, 0.5) is 0 Å². The number of amides is 13. The van der Waals surface area contributed by atoms with E-state index in [1.54, 1.807) is 58.2 Å². The molecular formula is C80H139N27O15. The van der Waals surface area contributed by atoms with E-state index >= 15 is 9.59 Å². The number of nitrogens with one attached hydrogen (secondary N) is 15. The molecule has 122 heavy (non-hydrogen) atoms. The molecule has 1 aromatic carbocycles. The number of carboxylic acid groups (broad SMARTS) is 1. The van der Waals surface area contributed by atoms with Gasteiger partial charge in [0.2, 0.25) is 76.8 Å². The van der Waals surface area contributed by atoms with Gasteiger partial charge in [-0.15, -0.1) is 0 Å². The van der Waals surface area contributed by atoms with Gasteiger partial charge in [-0.3, -0.25) is 72.3 Å². The van der Waals surface area contributed by atoms with Gasteiger partial charge in [0.1, 0.15) is 78.5 Å². The molecule has 14 atom stereocenters. The number of imidazole rings is 1. The van der Waals surface area contributed by atoms with Gasteiger partial charge in [0.05, 0.1) is 12.4 Å². The maximum atomic E-state index is 15.1. The van der Waals surface area contributed by atoms with Crippen LogP contribution in [0, 0.1) is 17.8 Å². The Morgan fingerprint density at radius 2 is 0.680 bits per heavy atom. The topological polar surface area (TPSA) is 719 Å². The Balaban J connectivity index is 1.99. The number of unbranched alkanes of at least 4 members (excludes halogenated alkanes) is 4. The Hall–Kier alpha value is -11.1. The zero-order chi connectivity index (χ0) is 91.1. The Morgan fingerprint density at radius 3 is 1.07 bits per heavy atom. The molecule has 42 nitrogen and oxygen atoms in total. The summed E-state index contributed by atoms with van der Waals surface area (Å²) in [5, 5.41) is 45.3. The lowest BCUT2D eigenvalue weighted by molar-refractivity contribution is -0.142. The minimum Gasteiger partial charge on any atom is -0.480 e. The van der Waals surface area contributed by atoms with Crippen molar-refractivity contribution in [3.63, 3.8) is 0 Å². The molecule has 0 saturated carbocycles. The van der Waals surface area contributed by atoms with Gasteiger partial charge < -0.3 is 136 Å². The number of aliphatic carboxylic acids is 1. The lowest BCUT2D eigenvalue weighted by Crippen LogP contribution is -2.61. The summed E-state index contributed by atoms with van der Waals surface area (Å²) in [7, 11) is 0. The zero-order valence-corrected chi connectivity index (χ0v) is 72.1. The van der Waals surface area contributed by atoms with E-state index in [4.69, 9.17) is 51.6 Å². The molecule has 0 bridgehead atoms. The number of para-hydroxylation sites is 1. The molecule has 0 radical (unpaired) electrons. The number of nitrogens with zero attached hydrogens (tertiary/aromatic N) is 3. The van der Waals surface area contributed by atoms with Crippen LogP contribution < -0.4 is 121 Å². The first-order valence-electron chi connectivity index (χ1n) is 42.2. The number of aromatic nitrogens is 3. The molecular weight excluding hydrogens is 1580 g/mol. The summed E-state index contributed by atoms with van der Waals surface area (Å²) in [5.41, 5.74) is 53.2. The minimum atomic E-state index is -1.51. The number of carboxylic acids is 1. The molecule has 3 rings (SSSR count). The molecule has 0 unspecified atom stereocenters. The number of benzene rings is 1. The molecule has 34 N–H and O–H groups in total. The highest BCUT2D eigenvalue weighted by atomic mass is 16.4. The van der Waals surface area contributed by atoms with E-state index in [1.807, 2.05) is 13.8 Å². The van der Waals surface area contributed by atoms with Crippen molar-refractivity contribution in [1.29, 1.82) is 0 Å². The van der Waals surface area contributed by atoms with Crippen LogP contribution >= 0.6 is 0 Å². The number of hydrogen-bond acceptors (Lipinski definition) is 22. The van der Waals surface area contributed by atoms with Gasteiger partial charge in [0.25, 0.3) is 0 Å². The fourth-order valence-corrected chi connectivity index (χ4v) is 13.1. The molecule has 13 amide bonds. The average molecular weight is 1720 g/mol. The predicted octanol–water partition coefficient (Wildman–Crippen LogP) is -3.79. The molecule has 0 saturated heterocycles. The third-order valence-electron chi connectivity index (χ3n) is 19.8. The Labute approximate surface area is 713 Å². The van der Waals surface area contributed by atoms with Crippen LogP contribution in [0.2, 0.25) is 0 Å². The summed E-state index contributed by atoms with van der Waals surface area (Å²) >= 11 is 0. The SMILES string of the molecule is CC(C)C[C@H](NC(=O)[C@H](C)NC(=O)[C@H](CCCCN)NC(=O)[C@H](CCCCN)NC(=O)[C@H](CC(C)C)NC(=O)[C@@H](N)CCCCN)C(=O)N[C@@H](CCCN=C(N)N)C(=O)N[C@@H](Cc1c[nH]c2ccccc12)C(=O)N[C@@H](CC(C)C)C(=O)N[C@@H](C)C(=O)N[C@@H](CCCN=C(N)N)C(=O)N[C@@H](Cc1cnc[nH]1)C(=O)N[C@@H](C)C(=O)N[C@@H](CCCCN)C(=O)O.